The lowest BCUT2D eigenvalue weighted by molar-refractivity contribution is -0.383. The highest BCUT2D eigenvalue weighted by Crippen LogP contribution is 2.30. The molecule has 0 spiro atoms. The normalized spacial score (nSPS) is 10.7. The van der Waals surface area contributed by atoms with Crippen molar-refractivity contribution in [2.75, 3.05) is 0 Å². The maximum absolute atomic E-state index is 12.2. The number of carbonyl (C=O) groups excluding carboxylic acids is 1. The number of benzene rings is 2. The van der Waals surface area contributed by atoms with E-state index in [1.807, 2.05) is 30.3 Å². The highest BCUT2D eigenvalue weighted by Gasteiger charge is 2.20. The molecule has 0 N–H and O–H groups in total. The Morgan fingerprint density at radius 1 is 1.17 bits per heavy atom. The van der Waals surface area contributed by atoms with Crippen LogP contribution in [0.25, 0.3) is 10.9 Å². The molecule has 23 heavy (non-hydrogen) atoms. The molecule has 0 atom stereocenters. The number of hydrogen-bond donors (Lipinski definition) is 0. The van der Waals surface area contributed by atoms with Crippen molar-refractivity contribution in [3.63, 3.8) is 0 Å². The average Bonchev–Trinajstić information content (AvgIpc) is 2.96. The highest BCUT2D eigenvalue weighted by atomic mass is 16.6. The Kier molecular flexibility index (Phi) is 3.80. The standard InChI is InChI=1S/C17H14N2O4/c1-12-7-8-15-14(16(12)19(21)22)9-10-18(15)17(20)23-11-13-5-3-2-4-6-13/h2-10H,11H2,1H3. The predicted molar refractivity (Wildman–Crippen MR) is 85.4 cm³/mol. The molecule has 0 fully saturated rings. The van der Waals surface area contributed by atoms with Gasteiger partial charge in [0.2, 0.25) is 0 Å². The van der Waals surface area contributed by atoms with Gasteiger partial charge in [-0.05, 0) is 24.6 Å². The lowest BCUT2D eigenvalue weighted by atomic mass is 10.1. The van der Waals surface area contributed by atoms with Crippen molar-refractivity contribution in [3.05, 3.63) is 76.0 Å². The summed E-state index contributed by atoms with van der Waals surface area (Å²) in [6.45, 7) is 1.82. The van der Waals surface area contributed by atoms with Gasteiger partial charge in [0.05, 0.1) is 15.8 Å². The molecule has 0 aliphatic rings. The Balaban J connectivity index is 1.90. The van der Waals surface area contributed by atoms with Crippen molar-refractivity contribution in [1.82, 2.24) is 4.57 Å². The van der Waals surface area contributed by atoms with Crippen LogP contribution < -0.4 is 0 Å². The summed E-state index contributed by atoms with van der Waals surface area (Å²) >= 11 is 0. The summed E-state index contributed by atoms with van der Waals surface area (Å²) in [5.74, 6) is 0. The summed E-state index contributed by atoms with van der Waals surface area (Å²) in [5, 5.41) is 11.6. The lowest BCUT2D eigenvalue weighted by Gasteiger charge is -2.07. The van der Waals surface area contributed by atoms with Crippen molar-refractivity contribution in [1.29, 1.82) is 0 Å². The van der Waals surface area contributed by atoms with E-state index in [4.69, 9.17) is 4.74 Å². The highest BCUT2D eigenvalue weighted by molar-refractivity contribution is 5.95. The maximum atomic E-state index is 12.2. The van der Waals surface area contributed by atoms with Crippen LogP contribution in [0.3, 0.4) is 0 Å². The lowest BCUT2D eigenvalue weighted by Crippen LogP contribution is -2.12. The van der Waals surface area contributed by atoms with E-state index in [0.717, 1.165) is 5.56 Å². The fourth-order valence-corrected chi connectivity index (χ4v) is 2.50. The summed E-state index contributed by atoms with van der Waals surface area (Å²) in [6.07, 6.45) is 0.923. The zero-order valence-corrected chi connectivity index (χ0v) is 12.4. The topological polar surface area (TPSA) is 74.4 Å². The number of fused-ring (bicyclic) bond motifs is 1. The quantitative estimate of drug-likeness (QED) is 0.540. The molecule has 2 aromatic carbocycles. The fourth-order valence-electron chi connectivity index (χ4n) is 2.50. The number of nitrogens with zero attached hydrogens (tertiary/aromatic N) is 2. The molecule has 3 rings (SSSR count). The van der Waals surface area contributed by atoms with Crippen LogP contribution in [-0.4, -0.2) is 15.6 Å². The van der Waals surface area contributed by atoms with Gasteiger partial charge in [-0.25, -0.2) is 4.79 Å². The summed E-state index contributed by atoms with van der Waals surface area (Å²) < 4.78 is 6.55. The minimum atomic E-state index is -0.568. The van der Waals surface area contributed by atoms with Gasteiger partial charge in [0.1, 0.15) is 6.61 Å². The van der Waals surface area contributed by atoms with E-state index in [-0.39, 0.29) is 12.3 Å². The van der Waals surface area contributed by atoms with Crippen molar-refractivity contribution in [2.24, 2.45) is 0 Å². The SMILES string of the molecule is Cc1ccc2c(ccn2C(=O)OCc2ccccc2)c1[N+](=O)[O-]. The van der Waals surface area contributed by atoms with E-state index < -0.39 is 11.0 Å². The van der Waals surface area contributed by atoms with Crippen LogP contribution in [0, 0.1) is 17.0 Å². The Hall–Kier alpha value is -3.15. The number of nitro groups is 1. The molecule has 0 unspecified atom stereocenters. The third-order valence-electron chi connectivity index (χ3n) is 3.63. The zero-order valence-electron chi connectivity index (χ0n) is 12.4. The van der Waals surface area contributed by atoms with Gasteiger partial charge in [-0.3, -0.25) is 14.7 Å². The molecule has 1 heterocycles. The monoisotopic (exact) mass is 310 g/mol. The molecule has 0 saturated heterocycles. The van der Waals surface area contributed by atoms with Crippen LogP contribution in [-0.2, 0) is 11.3 Å². The zero-order chi connectivity index (χ0) is 16.4. The van der Waals surface area contributed by atoms with Crippen LogP contribution in [0.2, 0.25) is 0 Å². The summed E-state index contributed by atoms with van der Waals surface area (Å²) in [5.41, 5.74) is 1.90. The van der Waals surface area contributed by atoms with Crippen LogP contribution in [0.15, 0.2) is 54.7 Å². The Morgan fingerprint density at radius 2 is 1.91 bits per heavy atom. The molecule has 0 saturated carbocycles. The number of nitro benzene ring substituents is 1. The van der Waals surface area contributed by atoms with Gasteiger partial charge in [0, 0.05) is 11.8 Å². The van der Waals surface area contributed by atoms with E-state index >= 15 is 0 Å². The molecule has 0 aliphatic carbocycles. The van der Waals surface area contributed by atoms with Crippen molar-refractivity contribution >= 4 is 22.7 Å². The van der Waals surface area contributed by atoms with Gasteiger partial charge < -0.3 is 4.74 Å². The predicted octanol–water partition coefficient (Wildman–Crippen LogP) is 4.04. The second-order valence-corrected chi connectivity index (χ2v) is 5.15. The van der Waals surface area contributed by atoms with Gasteiger partial charge in [-0.2, -0.15) is 0 Å². The van der Waals surface area contributed by atoms with Crippen molar-refractivity contribution < 1.29 is 14.5 Å². The molecule has 116 valence electrons. The third-order valence-corrected chi connectivity index (χ3v) is 3.63. The molecule has 3 aromatic rings. The number of carbonyl (C=O) groups is 1. The molecule has 0 radical (unpaired) electrons. The average molecular weight is 310 g/mol. The largest absolute Gasteiger partial charge is 0.444 e. The molecule has 6 nitrogen and oxygen atoms in total. The first kappa shape index (κ1) is 14.8. The number of hydrogen-bond acceptors (Lipinski definition) is 4. The van der Waals surface area contributed by atoms with Gasteiger partial charge in [-0.15, -0.1) is 0 Å². The summed E-state index contributed by atoms with van der Waals surface area (Å²) in [6, 6.07) is 14.2. The number of ether oxygens (including phenoxy) is 1. The molecular weight excluding hydrogens is 296 g/mol. The van der Waals surface area contributed by atoms with E-state index in [1.54, 1.807) is 25.1 Å². The smallest absolute Gasteiger partial charge is 0.418 e. The molecule has 0 bridgehead atoms. The molecular formula is C17H14N2O4. The molecule has 0 amide bonds. The van der Waals surface area contributed by atoms with Gasteiger partial charge in [0.15, 0.2) is 0 Å². The first-order valence-corrected chi connectivity index (χ1v) is 7.04. The Labute approximate surface area is 132 Å². The van der Waals surface area contributed by atoms with Crippen LogP contribution in [0.4, 0.5) is 10.5 Å². The number of rotatable bonds is 3. The van der Waals surface area contributed by atoms with E-state index in [1.165, 1.54) is 10.8 Å². The number of aryl methyl sites for hydroxylation is 1. The fraction of sp³-hybridized carbons (Fsp3) is 0.118. The van der Waals surface area contributed by atoms with Crippen molar-refractivity contribution in [3.8, 4) is 0 Å². The Morgan fingerprint density at radius 3 is 2.61 bits per heavy atom. The van der Waals surface area contributed by atoms with E-state index in [9.17, 15) is 14.9 Å². The first-order chi connectivity index (χ1) is 11.1. The van der Waals surface area contributed by atoms with Crippen molar-refractivity contribution in [2.45, 2.75) is 13.5 Å². The van der Waals surface area contributed by atoms with Gasteiger partial charge in [-0.1, -0.05) is 36.4 Å². The third kappa shape index (κ3) is 2.78. The van der Waals surface area contributed by atoms with E-state index in [0.29, 0.717) is 16.5 Å². The van der Waals surface area contributed by atoms with Crippen LogP contribution in [0.1, 0.15) is 11.1 Å². The van der Waals surface area contributed by atoms with Gasteiger partial charge >= 0.3 is 6.09 Å². The number of aromatic nitrogens is 1. The molecule has 6 heteroatoms. The van der Waals surface area contributed by atoms with E-state index in [2.05, 4.69) is 0 Å². The first-order valence-electron chi connectivity index (χ1n) is 7.04. The maximum Gasteiger partial charge on any atom is 0.418 e. The molecule has 0 aliphatic heterocycles. The summed E-state index contributed by atoms with van der Waals surface area (Å²) in [7, 11) is 0. The van der Waals surface area contributed by atoms with Crippen LogP contribution >= 0.6 is 0 Å². The second kappa shape index (κ2) is 5.92. The minimum absolute atomic E-state index is 0.0112. The summed E-state index contributed by atoms with van der Waals surface area (Å²) in [4.78, 5) is 23.0. The van der Waals surface area contributed by atoms with Crippen LogP contribution in [0.5, 0.6) is 0 Å². The molecule has 1 aromatic heterocycles. The second-order valence-electron chi connectivity index (χ2n) is 5.15. The van der Waals surface area contributed by atoms with Gasteiger partial charge in [0.25, 0.3) is 5.69 Å². The Bertz CT molecular complexity index is 884. The minimum Gasteiger partial charge on any atom is -0.444 e.